The van der Waals surface area contributed by atoms with Gasteiger partial charge in [-0.1, -0.05) is 133 Å². The van der Waals surface area contributed by atoms with Crippen molar-refractivity contribution < 1.29 is 0 Å². The van der Waals surface area contributed by atoms with E-state index in [0.717, 1.165) is 28.1 Å². The average molecular weight is 772 g/mol. The van der Waals surface area contributed by atoms with E-state index in [9.17, 15) is 0 Å². The first-order valence-electron chi connectivity index (χ1n) is 19.8. The van der Waals surface area contributed by atoms with E-state index in [-0.39, 0.29) is 0 Å². The Morgan fingerprint density at radius 1 is 0.322 bits per heavy atom. The highest BCUT2D eigenvalue weighted by molar-refractivity contribution is 7.25. The zero-order valence-electron chi connectivity index (χ0n) is 31.7. The molecule has 5 nitrogen and oxygen atoms in total. The predicted octanol–water partition coefficient (Wildman–Crippen LogP) is 13.9. The van der Waals surface area contributed by atoms with E-state index in [4.69, 9.17) is 15.0 Å². The molecule has 0 aliphatic rings. The molecule has 276 valence electrons. The van der Waals surface area contributed by atoms with Crippen molar-refractivity contribution in [1.82, 2.24) is 24.1 Å². The van der Waals surface area contributed by atoms with Crippen molar-refractivity contribution in [3.8, 4) is 56.7 Å². The fourth-order valence-corrected chi connectivity index (χ4v) is 9.87. The van der Waals surface area contributed by atoms with Crippen LogP contribution in [0.5, 0.6) is 0 Å². The van der Waals surface area contributed by atoms with Gasteiger partial charge in [-0.25, -0.2) is 15.0 Å². The first-order chi connectivity index (χ1) is 29.2. The summed E-state index contributed by atoms with van der Waals surface area (Å²) in [6, 6.07) is 70.9. The van der Waals surface area contributed by atoms with Crippen LogP contribution in [0.15, 0.2) is 200 Å². The molecule has 0 saturated carbocycles. The van der Waals surface area contributed by atoms with Crippen LogP contribution >= 0.6 is 11.3 Å². The molecule has 0 N–H and O–H groups in total. The SMILES string of the molecule is c1ccc(-c2nc(-c3ccccc3)nc(-c3ccc4sc5c(c4c3)c3ccc(-c4ccc6c(c4)c4ccccc4n6-c4ccccc4)cc3n5-c3ccccc3)n2)cc1. The highest BCUT2D eigenvalue weighted by Gasteiger charge is 2.21. The minimum atomic E-state index is 0.650. The summed E-state index contributed by atoms with van der Waals surface area (Å²) in [6.45, 7) is 0. The minimum absolute atomic E-state index is 0.650. The van der Waals surface area contributed by atoms with Gasteiger partial charge < -0.3 is 9.13 Å². The molecule has 0 atom stereocenters. The Bertz CT molecular complexity index is 3480. The van der Waals surface area contributed by atoms with Crippen molar-refractivity contribution in [2.45, 2.75) is 0 Å². The van der Waals surface area contributed by atoms with Crippen molar-refractivity contribution in [3.63, 3.8) is 0 Å². The molecule has 0 aliphatic carbocycles. The van der Waals surface area contributed by atoms with Crippen LogP contribution in [-0.4, -0.2) is 24.1 Å². The molecule has 4 aromatic heterocycles. The third kappa shape index (κ3) is 5.49. The fourth-order valence-electron chi connectivity index (χ4n) is 8.64. The van der Waals surface area contributed by atoms with E-state index in [1.165, 1.54) is 64.1 Å². The Hall–Kier alpha value is -7.67. The molecule has 0 saturated heterocycles. The molecule has 8 aromatic carbocycles. The molecule has 12 aromatic rings. The highest BCUT2D eigenvalue weighted by atomic mass is 32.1. The molecule has 0 unspecified atom stereocenters. The second-order valence-corrected chi connectivity index (χ2v) is 15.9. The molecule has 0 aliphatic heterocycles. The van der Waals surface area contributed by atoms with Crippen LogP contribution < -0.4 is 0 Å². The van der Waals surface area contributed by atoms with Crippen molar-refractivity contribution in [1.29, 1.82) is 0 Å². The minimum Gasteiger partial charge on any atom is -0.309 e. The maximum absolute atomic E-state index is 5.06. The second kappa shape index (κ2) is 13.5. The summed E-state index contributed by atoms with van der Waals surface area (Å²) in [5.41, 5.74) is 11.1. The quantitative estimate of drug-likeness (QED) is 0.169. The second-order valence-electron chi connectivity index (χ2n) is 14.9. The number of hydrogen-bond donors (Lipinski definition) is 0. The molecule has 0 bridgehead atoms. The van der Waals surface area contributed by atoms with Gasteiger partial charge in [-0.3, -0.25) is 0 Å². The fraction of sp³-hybridized carbons (Fsp3) is 0. The van der Waals surface area contributed by atoms with Crippen LogP contribution in [0.4, 0.5) is 0 Å². The number of fused-ring (bicyclic) bond motifs is 8. The summed E-state index contributed by atoms with van der Waals surface area (Å²) in [5, 5.41) is 6.12. The van der Waals surface area contributed by atoms with Gasteiger partial charge >= 0.3 is 0 Å². The largest absolute Gasteiger partial charge is 0.309 e. The van der Waals surface area contributed by atoms with Gasteiger partial charge in [0.1, 0.15) is 4.83 Å². The summed E-state index contributed by atoms with van der Waals surface area (Å²) < 4.78 is 6.02. The third-order valence-electron chi connectivity index (χ3n) is 11.4. The summed E-state index contributed by atoms with van der Waals surface area (Å²) >= 11 is 1.83. The normalized spacial score (nSPS) is 11.7. The van der Waals surface area contributed by atoms with Crippen molar-refractivity contribution >= 4 is 64.3 Å². The Kier molecular flexibility index (Phi) is 7.64. The Labute approximate surface area is 343 Å². The van der Waals surface area contributed by atoms with Gasteiger partial charge in [0.15, 0.2) is 17.5 Å². The molecule has 12 rings (SSSR count). The maximum Gasteiger partial charge on any atom is 0.164 e. The average Bonchev–Trinajstić information content (AvgIpc) is 3.96. The lowest BCUT2D eigenvalue weighted by Crippen LogP contribution is -2.00. The van der Waals surface area contributed by atoms with Gasteiger partial charge in [0.05, 0.1) is 16.6 Å². The van der Waals surface area contributed by atoms with Crippen molar-refractivity contribution in [3.05, 3.63) is 200 Å². The zero-order chi connectivity index (χ0) is 38.9. The lowest BCUT2D eigenvalue weighted by atomic mass is 10.0. The Morgan fingerprint density at radius 3 is 1.51 bits per heavy atom. The number of aromatic nitrogens is 5. The van der Waals surface area contributed by atoms with Crippen LogP contribution in [0.1, 0.15) is 0 Å². The van der Waals surface area contributed by atoms with Gasteiger partial charge in [0, 0.05) is 59.7 Å². The molecule has 0 amide bonds. The Balaban J connectivity index is 1.05. The van der Waals surface area contributed by atoms with Gasteiger partial charge in [-0.2, -0.15) is 0 Å². The molecule has 0 radical (unpaired) electrons. The van der Waals surface area contributed by atoms with Gasteiger partial charge in [0.2, 0.25) is 0 Å². The molecule has 0 fully saturated rings. The lowest BCUT2D eigenvalue weighted by molar-refractivity contribution is 1.07. The van der Waals surface area contributed by atoms with Crippen LogP contribution in [0.25, 0.3) is 110 Å². The number of hydrogen-bond acceptors (Lipinski definition) is 4. The number of thiophene rings is 1. The van der Waals surface area contributed by atoms with Gasteiger partial charge in [-0.15, -0.1) is 11.3 Å². The Morgan fingerprint density at radius 2 is 0.831 bits per heavy atom. The van der Waals surface area contributed by atoms with E-state index >= 15 is 0 Å². The van der Waals surface area contributed by atoms with Crippen LogP contribution in [-0.2, 0) is 0 Å². The summed E-state index contributed by atoms with van der Waals surface area (Å²) in [5.74, 6) is 1.96. The number of rotatable bonds is 6. The van der Waals surface area contributed by atoms with Crippen LogP contribution in [0.2, 0.25) is 0 Å². The van der Waals surface area contributed by atoms with E-state index in [2.05, 4.69) is 149 Å². The third-order valence-corrected chi connectivity index (χ3v) is 12.5. The topological polar surface area (TPSA) is 48.5 Å². The van der Waals surface area contributed by atoms with E-state index in [1.807, 2.05) is 72.0 Å². The van der Waals surface area contributed by atoms with Crippen LogP contribution in [0.3, 0.4) is 0 Å². The van der Waals surface area contributed by atoms with Crippen molar-refractivity contribution in [2.75, 3.05) is 0 Å². The number of nitrogens with zero attached hydrogens (tertiary/aromatic N) is 5. The molecule has 59 heavy (non-hydrogen) atoms. The van der Waals surface area contributed by atoms with Crippen LogP contribution in [0, 0.1) is 0 Å². The first-order valence-corrected chi connectivity index (χ1v) is 20.6. The summed E-state index contributed by atoms with van der Waals surface area (Å²) in [7, 11) is 0. The monoisotopic (exact) mass is 771 g/mol. The molecule has 6 heteroatoms. The molecular weight excluding hydrogens is 739 g/mol. The summed E-state index contributed by atoms with van der Waals surface area (Å²) in [6.07, 6.45) is 0. The van der Waals surface area contributed by atoms with Crippen molar-refractivity contribution in [2.24, 2.45) is 0 Å². The molecule has 4 heterocycles. The first kappa shape index (κ1) is 33.5. The maximum atomic E-state index is 5.06. The van der Waals surface area contributed by atoms with E-state index < -0.39 is 0 Å². The number of para-hydroxylation sites is 3. The molecule has 0 spiro atoms. The number of benzene rings is 8. The zero-order valence-corrected chi connectivity index (χ0v) is 32.5. The van der Waals surface area contributed by atoms with E-state index in [1.54, 1.807) is 0 Å². The standard InChI is InChI=1S/C53H33N5S/c1-5-15-34(16-6-1)50-54-51(35-17-7-2-8-18-35)56-52(55-50)38-27-30-48-44(32-38)49-42-28-25-37(33-47(42)58(53(49)59-48)40-21-11-4-12-22-40)36-26-29-46-43(31-36)41-23-13-14-24-45(41)57(46)39-19-9-3-10-20-39/h1-33H. The van der Waals surface area contributed by atoms with E-state index in [0.29, 0.717) is 17.5 Å². The lowest BCUT2D eigenvalue weighted by Gasteiger charge is -2.10. The molecular formula is C53H33N5S. The highest BCUT2D eigenvalue weighted by Crippen LogP contribution is 2.45. The summed E-state index contributed by atoms with van der Waals surface area (Å²) in [4.78, 5) is 16.3. The van der Waals surface area contributed by atoms with Gasteiger partial charge in [-0.05, 0) is 77.9 Å². The predicted molar refractivity (Wildman–Crippen MR) is 246 cm³/mol. The van der Waals surface area contributed by atoms with Gasteiger partial charge in [0.25, 0.3) is 0 Å². The smallest absolute Gasteiger partial charge is 0.164 e.